The summed E-state index contributed by atoms with van der Waals surface area (Å²) in [6.45, 7) is 5.58. The molecule has 2 heterocycles. The molecule has 1 aliphatic carbocycles. The molecule has 2 aromatic carbocycles. The van der Waals surface area contributed by atoms with Gasteiger partial charge in [0.15, 0.2) is 0 Å². The number of carboxylic acids is 2. The number of fused-ring (bicyclic) bond motifs is 1. The molecule has 5 rings (SSSR count). The zero-order chi connectivity index (χ0) is 34.6. The van der Waals surface area contributed by atoms with Crippen LogP contribution in [0.3, 0.4) is 0 Å². The number of amides is 2. The second-order valence-electron chi connectivity index (χ2n) is 10.7. The highest BCUT2D eigenvalue weighted by Gasteiger charge is 2.32. The Hall–Kier alpha value is -4.56. The van der Waals surface area contributed by atoms with Gasteiger partial charge in [-0.15, -0.1) is 11.3 Å². The standard InChI is InChI=1S/C17H16BrNO3S.C16H13F3N2O3/c1-9-11-4-2-3-5-14(11)23-16(9)19-15(20)12-7-6-10(18)8-13(12)17(21)22;1-8-3-6-13(20-9(8)2)21-14(22)11-5-4-10(16(17,18)19)7-12(11)15(23)24/h6-8H,2-5H2,1H3,(H,19,20)(H,21,22);3-7H,1-2H3,(H,23,24)(H,20,21,22). The third kappa shape index (κ3) is 8.43. The van der Waals surface area contributed by atoms with Crippen molar-refractivity contribution >= 4 is 61.8 Å². The lowest BCUT2D eigenvalue weighted by atomic mass is 9.96. The number of pyridine rings is 1. The Morgan fingerprint density at radius 1 is 0.809 bits per heavy atom. The highest BCUT2D eigenvalue weighted by molar-refractivity contribution is 9.10. The van der Waals surface area contributed by atoms with Crippen molar-refractivity contribution in [2.24, 2.45) is 0 Å². The Kier molecular flexibility index (Phi) is 10.9. The first-order valence-electron chi connectivity index (χ1n) is 14.2. The van der Waals surface area contributed by atoms with Crippen LogP contribution in [0.15, 0.2) is 53.0 Å². The predicted molar refractivity (Wildman–Crippen MR) is 175 cm³/mol. The van der Waals surface area contributed by atoms with Crippen molar-refractivity contribution in [3.8, 4) is 0 Å². The average Bonchev–Trinajstić information content (AvgIpc) is 3.32. The Morgan fingerprint density at radius 2 is 1.40 bits per heavy atom. The molecule has 4 N–H and O–H groups in total. The fourth-order valence-corrected chi connectivity index (χ4v) is 6.54. The number of anilines is 2. The summed E-state index contributed by atoms with van der Waals surface area (Å²) >= 11 is 4.85. The van der Waals surface area contributed by atoms with Gasteiger partial charge >= 0.3 is 18.1 Å². The molecule has 0 saturated heterocycles. The summed E-state index contributed by atoms with van der Waals surface area (Å²) in [7, 11) is 0. The van der Waals surface area contributed by atoms with Crippen molar-refractivity contribution in [3.05, 3.63) is 108 Å². The minimum atomic E-state index is -4.70. The van der Waals surface area contributed by atoms with Crippen LogP contribution < -0.4 is 10.6 Å². The molecule has 246 valence electrons. The number of hydrogen-bond acceptors (Lipinski definition) is 6. The molecule has 2 amide bonds. The number of aromatic nitrogens is 1. The van der Waals surface area contributed by atoms with Gasteiger partial charge in [-0.2, -0.15) is 13.2 Å². The van der Waals surface area contributed by atoms with Crippen molar-refractivity contribution in [2.45, 2.75) is 52.6 Å². The monoisotopic (exact) mass is 731 g/mol. The number of carbonyl (C=O) groups excluding carboxylic acids is 2. The van der Waals surface area contributed by atoms with E-state index in [1.165, 1.54) is 41.5 Å². The largest absolute Gasteiger partial charge is 0.478 e. The zero-order valence-corrected chi connectivity index (χ0v) is 27.7. The number of thiophene rings is 1. The molecule has 0 spiro atoms. The van der Waals surface area contributed by atoms with Gasteiger partial charge in [-0.25, -0.2) is 14.6 Å². The lowest BCUT2D eigenvalue weighted by molar-refractivity contribution is -0.137. The Morgan fingerprint density at radius 3 is 2.00 bits per heavy atom. The molecular weight excluding hydrogens is 703 g/mol. The number of nitrogens with one attached hydrogen (secondary N) is 2. The number of alkyl halides is 3. The number of carbonyl (C=O) groups is 4. The van der Waals surface area contributed by atoms with Crippen LogP contribution in [0.1, 0.15) is 87.1 Å². The molecular formula is C33H29BrF3N3O6S. The molecule has 4 aromatic rings. The summed E-state index contributed by atoms with van der Waals surface area (Å²) in [5.41, 5.74) is 1.95. The molecule has 0 fully saturated rings. The van der Waals surface area contributed by atoms with Gasteiger partial charge in [0, 0.05) is 15.0 Å². The van der Waals surface area contributed by atoms with Gasteiger partial charge in [-0.1, -0.05) is 22.0 Å². The van der Waals surface area contributed by atoms with E-state index in [4.69, 9.17) is 5.11 Å². The first kappa shape index (κ1) is 35.3. The zero-order valence-electron chi connectivity index (χ0n) is 25.3. The van der Waals surface area contributed by atoms with Crippen molar-refractivity contribution in [2.75, 3.05) is 10.6 Å². The van der Waals surface area contributed by atoms with Crippen LogP contribution in [-0.4, -0.2) is 39.0 Å². The minimum Gasteiger partial charge on any atom is -0.478 e. The van der Waals surface area contributed by atoms with Crippen LogP contribution in [-0.2, 0) is 19.0 Å². The molecule has 0 bridgehead atoms. The Balaban J connectivity index is 0.000000213. The highest BCUT2D eigenvalue weighted by Crippen LogP contribution is 2.38. The summed E-state index contributed by atoms with van der Waals surface area (Å²) in [6, 6.07) is 9.82. The van der Waals surface area contributed by atoms with Crippen LogP contribution in [0.4, 0.5) is 24.0 Å². The van der Waals surface area contributed by atoms with Gasteiger partial charge in [-0.05, 0) is 106 Å². The van der Waals surface area contributed by atoms with Crippen LogP contribution in [0.2, 0.25) is 0 Å². The lowest BCUT2D eigenvalue weighted by Gasteiger charge is -2.12. The first-order chi connectivity index (χ1) is 22.1. The topological polar surface area (TPSA) is 146 Å². The van der Waals surface area contributed by atoms with E-state index in [0.29, 0.717) is 22.3 Å². The van der Waals surface area contributed by atoms with Crippen LogP contribution in [0.5, 0.6) is 0 Å². The van der Waals surface area contributed by atoms with Crippen LogP contribution in [0, 0.1) is 20.8 Å². The summed E-state index contributed by atoms with van der Waals surface area (Å²) in [6.07, 6.45) is -0.194. The van der Waals surface area contributed by atoms with E-state index < -0.39 is 35.1 Å². The molecule has 9 nitrogen and oxygen atoms in total. The highest BCUT2D eigenvalue weighted by atomic mass is 79.9. The number of hydrogen-bond donors (Lipinski definition) is 4. The number of benzene rings is 2. The molecule has 2 aromatic heterocycles. The number of aromatic carboxylic acids is 2. The summed E-state index contributed by atoms with van der Waals surface area (Å²) in [4.78, 5) is 52.7. The van der Waals surface area contributed by atoms with E-state index in [1.54, 1.807) is 30.4 Å². The second kappa shape index (κ2) is 14.5. The molecule has 0 aliphatic heterocycles. The Bertz CT molecular complexity index is 1890. The van der Waals surface area contributed by atoms with Crippen molar-refractivity contribution < 1.29 is 42.6 Å². The SMILES string of the molecule is Cc1c(NC(=O)c2ccc(Br)cc2C(=O)O)sc2c1CCCC2.Cc1ccc(NC(=O)c2ccc(C(F)(F)F)cc2C(=O)O)nc1C. The lowest BCUT2D eigenvalue weighted by Crippen LogP contribution is -2.18. The maximum atomic E-state index is 12.7. The summed E-state index contributed by atoms with van der Waals surface area (Å²) in [5, 5.41) is 24.5. The van der Waals surface area contributed by atoms with Gasteiger partial charge in [0.05, 0.1) is 32.8 Å². The average molecular weight is 733 g/mol. The number of nitrogens with zero attached hydrogens (tertiary/aromatic N) is 1. The molecule has 1 aliphatic rings. The molecule has 0 saturated carbocycles. The predicted octanol–water partition coefficient (Wildman–Crippen LogP) is 8.32. The van der Waals surface area contributed by atoms with E-state index in [1.807, 2.05) is 13.8 Å². The molecule has 14 heteroatoms. The number of carboxylic acid groups (broad SMARTS) is 2. The quantitative estimate of drug-likeness (QED) is 0.156. The van der Waals surface area contributed by atoms with Crippen LogP contribution in [0.25, 0.3) is 0 Å². The maximum Gasteiger partial charge on any atom is 0.416 e. The van der Waals surface area contributed by atoms with Crippen molar-refractivity contribution in [1.82, 2.24) is 4.98 Å². The van der Waals surface area contributed by atoms with E-state index in [2.05, 4.69) is 31.5 Å². The van der Waals surface area contributed by atoms with Crippen molar-refractivity contribution in [3.63, 3.8) is 0 Å². The minimum absolute atomic E-state index is 0.00384. The van der Waals surface area contributed by atoms with Gasteiger partial charge < -0.3 is 20.8 Å². The Labute approximate surface area is 280 Å². The normalized spacial score (nSPS) is 12.3. The van der Waals surface area contributed by atoms with Gasteiger partial charge in [0.2, 0.25) is 0 Å². The fraction of sp³-hybridized carbons (Fsp3) is 0.242. The molecule has 0 atom stereocenters. The third-order valence-electron chi connectivity index (χ3n) is 7.53. The van der Waals surface area contributed by atoms with E-state index in [9.17, 15) is 37.5 Å². The molecule has 0 radical (unpaired) electrons. The maximum absolute atomic E-state index is 12.7. The third-order valence-corrected chi connectivity index (χ3v) is 9.34. The van der Waals surface area contributed by atoms with Gasteiger partial charge in [0.1, 0.15) is 5.82 Å². The smallest absolute Gasteiger partial charge is 0.416 e. The summed E-state index contributed by atoms with van der Waals surface area (Å²) in [5.74, 6) is -3.79. The second-order valence-corrected chi connectivity index (χ2v) is 12.8. The number of halogens is 4. The fourth-order valence-electron chi connectivity index (χ4n) is 4.88. The molecule has 0 unspecified atom stereocenters. The van der Waals surface area contributed by atoms with E-state index >= 15 is 0 Å². The number of aryl methyl sites for hydroxylation is 3. The summed E-state index contributed by atoms with van der Waals surface area (Å²) < 4.78 is 38.7. The van der Waals surface area contributed by atoms with E-state index in [0.717, 1.165) is 35.0 Å². The van der Waals surface area contributed by atoms with Gasteiger partial charge in [-0.3, -0.25) is 9.59 Å². The van der Waals surface area contributed by atoms with Gasteiger partial charge in [0.25, 0.3) is 11.8 Å². The van der Waals surface area contributed by atoms with Crippen molar-refractivity contribution in [1.29, 1.82) is 0 Å². The molecule has 47 heavy (non-hydrogen) atoms. The first-order valence-corrected chi connectivity index (χ1v) is 15.8. The number of rotatable bonds is 6. The van der Waals surface area contributed by atoms with Crippen LogP contribution >= 0.6 is 27.3 Å². The van der Waals surface area contributed by atoms with E-state index in [-0.39, 0.29) is 28.4 Å².